The molecule has 0 saturated heterocycles. The van der Waals surface area contributed by atoms with Crippen LogP contribution in [0, 0.1) is 10.1 Å². The first-order valence-electron chi connectivity index (χ1n) is 4.77. The summed E-state index contributed by atoms with van der Waals surface area (Å²) < 4.78 is 0. The normalized spacial score (nSPS) is 17.4. The maximum absolute atomic E-state index is 10.5. The van der Waals surface area contributed by atoms with Crippen molar-refractivity contribution in [3.8, 4) is 5.75 Å². The fourth-order valence-corrected chi connectivity index (χ4v) is 1.77. The molecule has 0 unspecified atom stereocenters. The Hall–Kier alpha value is -1.62. The van der Waals surface area contributed by atoms with Gasteiger partial charge in [0.2, 0.25) is 0 Å². The number of nitrogens with zero attached hydrogens (tertiary/aromatic N) is 1. The number of rotatable bonds is 3. The summed E-state index contributed by atoms with van der Waals surface area (Å²) in [7, 11) is 0. The number of nitrogens with two attached hydrogens (primary N) is 1. The SMILES string of the molecule is NCC1(c2ccc([N+](=O)[O-])c(O)c2)CC1. The van der Waals surface area contributed by atoms with Gasteiger partial charge in [-0.2, -0.15) is 0 Å². The molecular weight excluding hydrogens is 196 g/mol. The highest BCUT2D eigenvalue weighted by atomic mass is 16.6. The third-order valence-corrected chi connectivity index (χ3v) is 3.03. The maximum atomic E-state index is 10.5. The summed E-state index contributed by atoms with van der Waals surface area (Å²) in [5.74, 6) is -0.280. The van der Waals surface area contributed by atoms with Gasteiger partial charge in [-0.15, -0.1) is 0 Å². The first-order chi connectivity index (χ1) is 7.09. The first-order valence-corrected chi connectivity index (χ1v) is 4.77. The number of hydrogen-bond acceptors (Lipinski definition) is 4. The number of benzene rings is 1. The van der Waals surface area contributed by atoms with Gasteiger partial charge in [0.25, 0.3) is 0 Å². The minimum atomic E-state index is -0.596. The topological polar surface area (TPSA) is 89.4 Å². The summed E-state index contributed by atoms with van der Waals surface area (Å²) in [5, 5.41) is 20.0. The summed E-state index contributed by atoms with van der Waals surface area (Å²) in [5.41, 5.74) is 6.22. The van der Waals surface area contributed by atoms with Crippen LogP contribution in [0.25, 0.3) is 0 Å². The van der Waals surface area contributed by atoms with Crippen molar-refractivity contribution in [1.29, 1.82) is 0 Å². The van der Waals surface area contributed by atoms with E-state index in [1.54, 1.807) is 6.07 Å². The third-order valence-electron chi connectivity index (χ3n) is 3.03. The Bertz CT molecular complexity index is 413. The van der Waals surface area contributed by atoms with Crippen molar-refractivity contribution in [2.45, 2.75) is 18.3 Å². The van der Waals surface area contributed by atoms with E-state index in [-0.39, 0.29) is 16.9 Å². The molecule has 0 bridgehead atoms. The Labute approximate surface area is 86.7 Å². The van der Waals surface area contributed by atoms with Crippen LogP contribution in [0.4, 0.5) is 5.69 Å². The lowest BCUT2D eigenvalue weighted by Crippen LogP contribution is -2.19. The number of phenolic OH excluding ortho intramolecular Hbond substituents is 1. The van der Waals surface area contributed by atoms with E-state index in [2.05, 4.69) is 0 Å². The summed E-state index contributed by atoms with van der Waals surface area (Å²) in [4.78, 5) is 9.89. The number of phenols is 1. The Morgan fingerprint density at radius 1 is 1.53 bits per heavy atom. The molecule has 0 amide bonds. The van der Waals surface area contributed by atoms with Crippen LogP contribution in [0.3, 0.4) is 0 Å². The fourth-order valence-electron chi connectivity index (χ4n) is 1.77. The van der Waals surface area contributed by atoms with Crippen molar-refractivity contribution in [2.24, 2.45) is 5.73 Å². The van der Waals surface area contributed by atoms with E-state index in [1.165, 1.54) is 12.1 Å². The molecule has 0 heterocycles. The van der Waals surface area contributed by atoms with Crippen molar-refractivity contribution in [1.82, 2.24) is 0 Å². The van der Waals surface area contributed by atoms with E-state index in [1.807, 2.05) is 0 Å². The molecule has 3 N–H and O–H groups in total. The predicted octanol–water partition coefficient (Wildman–Crippen LogP) is 1.29. The van der Waals surface area contributed by atoms with Crippen LogP contribution < -0.4 is 5.73 Å². The van der Waals surface area contributed by atoms with E-state index < -0.39 is 4.92 Å². The lowest BCUT2D eigenvalue weighted by molar-refractivity contribution is -0.385. The van der Waals surface area contributed by atoms with Crippen molar-refractivity contribution >= 4 is 5.69 Å². The van der Waals surface area contributed by atoms with Crippen LogP contribution in [-0.4, -0.2) is 16.6 Å². The minimum Gasteiger partial charge on any atom is -0.502 e. The lowest BCUT2D eigenvalue weighted by Gasteiger charge is -2.12. The van der Waals surface area contributed by atoms with Gasteiger partial charge in [0.15, 0.2) is 5.75 Å². The van der Waals surface area contributed by atoms with Gasteiger partial charge in [0.1, 0.15) is 0 Å². The molecule has 0 aliphatic heterocycles. The zero-order chi connectivity index (χ0) is 11.1. The smallest absolute Gasteiger partial charge is 0.310 e. The van der Waals surface area contributed by atoms with E-state index in [9.17, 15) is 15.2 Å². The molecule has 1 saturated carbocycles. The molecule has 2 rings (SSSR count). The zero-order valence-corrected chi connectivity index (χ0v) is 8.14. The van der Waals surface area contributed by atoms with Gasteiger partial charge in [-0.25, -0.2) is 0 Å². The minimum absolute atomic E-state index is 0.0490. The number of hydrogen-bond donors (Lipinski definition) is 2. The molecule has 0 atom stereocenters. The molecule has 0 radical (unpaired) electrons. The molecule has 15 heavy (non-hydrogen) atoms. The fraction of sp³-hybridized carbons (Fsp3) is 0.400. The standard InChI is InChI=1S/C10H12N2O3/c11-6-10(3-4-10)7-1-2-8(12(14)15)9(13)5-7/h1-2,5,13H,3-4,6,11H2. The van der Waals surface area contributed by atoms with Gasteiger partial charge in [0, 0.05) is 18.0 Å². The second-order valence-electron chi connectivity index (χ2n) is 3.95. The summed E-state index contributed by atoms with van der Waals surface area (Å²) in [6.07, 6.45) is 1.97. The lowest BCUT2D eigenvalue weighted by atomic mass is 9.96. The van der Waals surface area contributed by atoms with Gasteiger partial charge in [-0.1, -0.05) is 6.07 Å². The van der Waals surface area contributed by atoms with E-state index >= 15 is 0 Å². The molecule has 1 aliphatic rings. The summed E-state index contributed by atoms with van der Waals surface area (Å²) in [6, 6.07) is 4.47. The van der Waals surface area contributed by atoms with Crippen LogP contribution in [0.1, 0.15) is 18.4 Å². The van der Waals surface area contributed by atoms with Crippen LogP contribution in [0.2, 0.25) is 0 Å². The molecule has 0 aromatic heterocycles. The molecule has 5 heteroatoms. The molecule has 1 aromatic rings. The quantitative estimate of drug-likeness (QED) is 0.578. The Kier molecular flexibility index (Phi) is 2.12. The van der Waals surface area contributed by atoms with Crippen LogP contribution in [-0.2, 0) is 5.41 Å². The molecule has 5 nitrogen and oxygen atoms in total. The van der Waals surface area contributed by atoms with Gasteiger partial charge >= 0.3 is 5.69 Å². The van der Waals surface area contributed by atoms with Gasteiger partial charge < -0.3 is 10.8 Å². The first kappa shape index (κ1) is 9.92. The molecule has 1 fully saturated rings. The van der Waals surface area contributed by atoms with E-state index in [4.69, 9.17) is 5.73 Å². The van der Waals surface area contributed by atoms with Crippen molar-refractivity contribution in [3.05, 3.63) is 33.9 Å². The molecular formula is C10H12N2O3. The van der Waals surface area contributed by atoms with Crippen LogP contribution in [0.15, 0.2) is 18.2 Å². The van der Waals surface area contributed by atoms with E-state index in [0.717, 1.165) is 18.4 Å². The number of aromatic hydroxyl groups is 1. The Morgan fingerprint density at radius 3 is 2.60 bits per heavy atom. The molecule has 0 spiro atoms. The second kappa shape index (κ2) is 3.20. The van der Waals surface area contributed by atoms with Crippen LogP contribution >= 0.6 is 0 Å². The monoisotopic (exact) mass is 208 g/mol. The predicted molar refractivity (Wildman–Crippen MR) is 54.7 cm³/mol. The number of nitro benzene ring substituents is 1. The average Bonchev–Trinajstić information content (AvgIpc) is 2.97. The largest absolute Gasteiger partial charge is 0.502 e. The highest BCUT2D eigenvalue weighted by Crippen LogP contribution is 2.48. The summed E-state index contributed by atoms with van der Waals surface area (Å²) >= 11 is 0. The van der Waals surface area contributed by atoms with Crippen molar-refractivity contribution < 1.29 is 10.0 Å². The highest BCUT2D eigenvalue weighted by Gasteiger charge is 2.43. The maximum Gasteiger partial charge on any atom is 0.310 e. The average molecular weight is 208 g/mol. The molecule has 1 aromatic carbocycles. The Balaban J connectivity index is 2.38. The summed E-state index contributed by atoms with van der Waals surface area (Å²) in [6.45, 7) is 0.518. The van der Waals surface area contributed by atoms with E-state index in [0.29, 0.717) is 6.54 Å². The highest BCUT2D eigenvalue weighted by molar-refractivity contribution is 5.50. The third kappa shape index (κ3) is 1.55. The second-order valence-corrected chi connectivity index (χ2v) is 3.95. The molecule has 1 aliphatic carbocycles. The van der Waals surface area contributed by atoms with Gasteiger partial charge in [0.05, 0.1) is 4.92 Å². The number of nitro groups is 1. The van der Waals surface area contributed by atoms with Gasteiger partial charge in [-0.05, 0) is 24.5 Å². The van der Waals surface area contributed by atoms with Crippen molar-refractivity contribution in [3.63, 3.8) is 0 Å². The van der Waals surface area contributed by atoms with Gasteiger partial charge in [-0.3, -0.25) is 10.1 Å². The zero-order valence-electron chi connectivity index (χ0n) is 8.14. The Morgan fingerprint density at radius 2 is 2.20 bits per heavy atom. The molecule has 80 valence electrons. The van der Waals surface area contributed by atoms with Crippen molar-refractivity contribution in [2.75, 3.05) is 6.54 Å². The van der Waals surface area contributed by atoms with Crippen LogP contribution in [0.5, 0.6) is 5.75 Å².